The molecule has 0 aliphatic heterocycles. The van der Waals surface area contributed by atoms with E-state index in [1.165, 1.54) is 25.3 Å². The Hall–Kier alpha value is -2.44. The first-order valence-electron chi connectivity index (χ1n) is 6.10. The number of amides is 1. The van der Waals surface area contributed by atoms with Gasteiger partial charge >= 0.3 is 5.97 Å². The van der Waals surface area contributed by atoms with E-state index in [0.717, 1.165) is 0 Å². The average molecular weight is 279 g/mol. The maximum absolute atomic E-state index is 13.0. The molecule has 1 aromatic heterocycles. The summed E-state index contributed by atoms with van der Waals surface area (Å²) in [6.07, 6.45) is 0.774. The van der Waals surface area contributed by atoms with Gasteiger partial charge in [-0.15, -0.1) is 0 Å². The van der Waals surface area contributed by atoms with Gasteiger partial charge < -0.3 is 10.1 Å². The van der Waals surface area contributed by atoms with E-state index in [1.807, 2.05) is 0 Å². The van der Waals surface area contributed by atoms with Gasteiger partial charge in [-0.05, 0) is 24.6 Å². The van der Waals surface area contributed by atoms with Crippen LogP contribution in [0.5, 0.6) is 0 Å². The molecule has 0 bridgehead atoms. The number of nitrogens with zero attached hydrogens (tertiary/aromatic N) is 1. The lowest BCUT2D eigenvalue weighted by Gasteiger charge is -2.02. The molecule has 0 saturated carbocycles. The van der Waals surface area contributed by atoms with Crippen molar-refractivity contribution >= 4 is 28.6 Å². The van der Waals surface area contributed by atoms with E-state index in [4.69, 9.17) is 0 Å². The van der Waals surface area contributed by atoms with E-state index < -0.39 is 0 Å². The van der Waals surface area contributed by atoms with E-state index in [1.54, 1.807) is 0 Å². The Morgan fingerprint density at radius 2 is 2.20 bits per heavy atom. The smallest absolute Gasteiger partial charge is 0.305 e. The lowest BCUT2D eigenvalue weighted by molar-refractivity contribution is -0.140. The molecule has 0 radical (unpaired) electrons. The van der Waals surface area contributed by atoms with Crippen LogP contribution >= 0.6 is 0 Å². The fourth-order valence-electron chi connectivity index (χ4n) is 1.78. The van der Waals surface area contributed by atoms with E-state index in [9.17, 15) is 14.0 Å². The zero-order chi connectivity index (χ0) is 14.5. The molecule has 1 heterocycles. The normalized spacial score (nSPS) is 10.5. The molecule has 1 amide bonds. The predicted molar refractivity (Wildman–Crippen MR) is 70.5 cm³/mol. The van der Waals surface area contributed by atoms with Gasteiger partial charge in [-0.25, -0.2) is 4.39 Å². The van der Waals surface area contributed by atoms with Crippen molar-refractivity contribution in [3.8, 4) is 0 Å². The molecule has 1 aromatic carbocycles. The average Bonchev–Trinajstić information content (AvgIpc) is 2.80. The highest BCUT2D eigenvalue weighted by atomic mass is 19.1. The maximum atomic E-state index is 13.0. The van der Waals surface area contributed by atoms with Crippen molar-refractivity contribution in [3.63, 3.8) is 0 Å². The number of anilines is 1. The second-order valence-electron chi connectivity index (χ2n) is 4.24. The van der Waals surface area contributed by atoms with Crippen molar-refractivity contribution in [2.45, 2.75) is 19.3 Å². The number of ether oxygens (including phenoxy) is 1. The molecule has 0 atom stereocenters. The number of aromatic nitrogens is 2. The van der Waals surface area contributed by atoms with Crippen molar-refractivity contribution < 1.29 is 18.7 Å². The number of halogens is 1. The minimum atomic E-state index is -0.378. The van der Waals surface area contributed by atoms with Gasteiger partial charge in [0.05, 0.1) is 12.6 Å². The molecular weight excluding hydrogens is 265 g/mol. The van der Waals surface area contributed by atoms with Gasteiger partial charge in [-0.1, -0.05) is 0 Å². The number of hydrogen-bond donors (Lipinski definition) is 2. The molecule has 0 fully saturated rings. The number of fused-ring (bicyclic) bond motifs is 1. The highest BCUT2D eigenvalue weighted by Crippen LogP contribution is 2.21. The molecule has 20 heavy (non-hydrogen) atoms. The van der Waals surface area contributed by atoms with Gasteiger partial charge in [0.15, 0.2) is 5.82 Å². The van der Waals surface area contributed by atoms with Crippen LogP contribution in [0.2, 0.25) is 0 Å². The van der Waals surface area contributed by atoms with Gasteiger partial charge in [-0.3, -0.25) is 14.7 Å². The van der Waals surface area contributed by atoms with Crippen molar-refractivity contribution in [2.75, 3.05) is 12.4 Å². The monoisotopic (exact) mass is 279 g/mol. The summed E-state index contributed by atoms with van der Waals surface area (Å²) < 4.78 is 17.5. The van der Waals surface area contributed by atoms with Crippen molar-refractivity contribution in [1.82, 2.24) is 10.2 Å². The molecule has 2 N–H and O–H groups in total. The Morgan fingerprint density at radius 3 is 2.95 bits per heavy atom. The number of rotatable bonds is 5. The van der Waals surface area contributed by atoms with Crippen LogP contribution in [0.4, 0.5) is 10.2 Å². The molecule has 0 spiro atoms. The minimum Gasteiger partial charge on any atom is -0.469 e. The summed E-state index contributed by atoms with van der Waals surface area (Å²) in [6.45, 7) is 0. The number of carbonyl (C=O) groups is 2. The highest BCUT2D eigenvalue weighted by Gasteiger charge is 2.10. The number of carbonyl (C=O) groups excluding carboxylic acids is 2. The van der Waals surface area contributed by atoms with Crippen LogP contribution in [-0.4, -0.2) is 29.2 Å². The molecular formula is C13H14FN3O3. The SMILES string of the molecule is COC(=O)CCCC(=O)Nc1n[nH]c2cc(F)ccc12. The maximum Gasteiger partial charge on any atom is 0.305 e. The number of methoxy groups -OCH3 is 1. The first-order chi connectivity index (χ1) is 9.60. The van der Waals surface area contributed by atoms with Gasteiger partial charge in [0.2, 0.25) is 5.91 Å². The summed E-state index contributed by atoms with van der Waals surface area (Å²) in [5.41, 5.74) is 0.509. The lowest BCUT2D eigenvalue weighted by atomic mass is 10.2. The fourth-order valence-corrected chi connectivity index (χ4v) is 1.78. The predicted octanol–water partition coefficient (Wildman–Crippen LogP) is 1.98. The number of nitrogens with one attached hydrogen (secondary N) is 2. The molecule has 0 aliphatic rings. The number of aromatic amines is 1. The Balaban J connectivity index is 1.94. The molecule has 2 aromatic rings. The van der Waals surface area contributed by atoms with Crippen molar-refractivity contribution in [3.05, 3.63) is 24.0 Å². The minimum absolute atomic E-state index is 0.185. The molecule has 2 rings (SSSR count). The van der Waals surface area contributed by atoms with E-state index in [2.05, 4.69) is 20.3 Å². The summed E-state index contributed by atoms with van der Waals surface area (Å²) in [4.78, 5) is 22.6. The van der Waals surface area contributed by atoms with Gasteiger partial charge in [-0.2, -0.15) is 5.10 Å². The Morgan fingerprint density at radius 1 is 1.40 bits per heavy atom. The Labute approximate surface area is 114 Å². The quantitative estimate of drug-likeness (QED) is 0.820. The number of hydrogen-bond acceptors (Lipinski definition) is 4. The number of H-pyrrole nitrogens is 1. The van der Waals surface area contributed by atoms with E-state index in [-0.39, 0.29) is 30.5 Å². The zero-order valence-corrected chi connectivity index (χ0v) is 10.9. The second-order valence-corrected chi connectivity index (χ2v) is 4.24. The van der Waals surface area contributed by atoms with Crippen LogP contribution < -0.4 is 5.32 Å². The topological polar surface area (TPSA) is 84.1 Å². The largest absolute Gasteiger partial charge is 0.469 e. The third kappa shape index (κ3) is 3.31. The summed E-state index contributed by atoms with van der Waals surface area (Å²) in [7, 11) is 1.30. The van der Waals surface area contributed by atoms with Gasteiger partial charge in [0, 0.05) is 18.2 Å². The Bertz CT molecular complexity index is 639. The third-order valence-corrected chi connectivity index (χ3v) is 2.80. The number of benzene rings is 1. The van der Waals surface area contributed by atoms with Crippen LogP contribution in [0.15, 0.2) is 18.2 Å². The summed E-state index contributed by atoms with van der Waals surface area (Å²) >= 11 is 0. The molecule has 0 aliphatic carbocycles. The molecule has 7 heteroatoms. The first kappa shape index (κ1) is 14.0. The van der Waals surface area contributed by atoms with E-state index in [0.29, 0.717) is 23.1 Å². The van der Waals surface area contributed by atoms with Crippen LogP contribution in [-0.2, 0) is 14.3 Å². The van der Waals surface area contributed by atoms with Gasteiger partial charge in [0.1, 0.15) is 5.82 Å². The van der Waals surface area contributed by atoms with Crippen LogP contribution in [0, 0.1) is 5.82 Å². The second kappa shape index (κ2) is 6.14. The van der Waals surface area contributed by atoms with Gasteiger partial charge in [0.25, 0.3) is 0 Å². The lowest BCUT2D eigenvalue weighted by Crippen LogP contribution is -2.12. The fraction of sp³-hybridized carbons (Fsp3) is 0.308. The third-order valence-electron chi connectivity index (χ3n) is 2.80. The Kier molecular flexibility index (Phi) is 4.29. The van der Waals surface area contributed by atoms with Crippen molar-refractivity contribution in [1.29, 1.82) is 0 Å². The molecule has 6 nitrogen and oxygen atoms in total. The van der Waals surface area contributed by atoms with Crippen LogP contribution in [0.1, 0.15) is 19.3 Å². The van der Waals surface area contributed by atoms with Crippen LogP contribution in [0.3, 0.4) is 0 Å². The highest BCUT2D eigenvalue weighted by molar-refractivity contribution is 5.99. The van der Waals surface area contributed by atoms with Crippen molar-refractivity contribution in [2.24, 2.45) is 0 Å². The number of esters is 1. The summed E-state index contributed by atoms with van der Waals surface area (Å²) in [5, 5.41) is 9.81. The molecule has 0 unspecified atom stereocenters. The standard InChI is InChI=1S/C13H14FN3O3/c1-20-12(19)4-2-3-11(18)15-13-9-6-5-8(14)7-10(9)16-17-13/h5-7H,2-4H2,1H3,(H2,15,16,17,18). The molecule has 106 valence electrons. The van der Waals surface area contributed by atoms with Crippen LogP contribution in [0.25, 0.3) is 10.9 Å². The summed E-state index contributed by atoms with van der Waals surface area (Å²) in [5.74, 6) is -0.634. The van der Waals surface area contributed by atoms with E-state index >= 15 is 0 Å². The summed E-state index contributed by atoms with van der Waals surface area (Å²) in [6, 6.07) is 4.14. The molecule has 0 saturated heterocycles. The zero-order valence-electron chi connectivity index (χ0n) is 10.9. The first-order valence-corrected chi connectivity index (χ1v) is 6.10.